The van der Waals surface area contributed by atoms with Gasteiger partial charge in [-0.3, -0.25) is 4.79 Å². The second-order valence-corrected chi connectivity index (χ2v) is 5.87. The van der Waals surface area contributed by atoms with Gasteiger partial charge in [-0.15, -0.1) is 0 Å². The average Bonchev–Trinajstić information content (AvgIpc) is 2.28. The first-order valence-electron chi connectivity index (χ1n) is 5.60. The van der Waals surface area contributed by atoms with Crippen LogP contribution in [-0.4, -0.2) is 25.5 Å². The van der Waals surface area contributed by atoms with E-state index < -0.39 is 22.0 Å². The van der Waals surface area contributed by atoms with Gasteiger partial charge in [0.05, 0.1) is 4.90 Å². The zero-order chi connectivity index (χ0) is 13.9. The molecule has 0 aliphatic carbocycles. The number of aryl methyl sites for hydroxylation is 2. The maximum atomic E-state index is 12.1. The lowest BCUT2D eigenvalue weighted by molar-refractivity contribution is -0.139. The van der Waals surface area contributed by atoms with Crippen molar-refractivity contribution in [2.45, 2.75) is 38.1 Å². The largest absolute Gasteiger partial charge is 0.480 e. The first-order valence-corrected chi connectivity index (χ1v) is 7.08. The van der Waals surface area contributed by atoms with E-state index >= 15 is 0 Å². The van der Waals surface area contributed by atoms with E-state index in [9.17, 15) is 13.2 Å². The molecular weight excluding hydrogens is 254 g/mol. The Hall–Kier alpha value is -1.40. The van der Waals surface area contributed by atoms with Crippen LogP contribution in [0.3, 0.4) is 0 Å². The van der Waals surface area contributed by atoms with Gasteiger partial charge in [0.1, 0.15) is 6.04 Å². The summed E-state index contributed by atoms with van der Waals surface area (Å²) in [6.45, 7) is 5.08. The third-order valence-electron chi connectivity index (χ3n) is 2.64. The molecule has 0 fully saturated rings. The number of carbonyl (C=O) groups is 1. The van der Waals surface area contributed by atoms with E-state index in [0.29, 0.717) is 5.56 Å². The van der Waals surface area contributed by atoms with Gasteiger partial charge in [-0.1, -0.05) is 19.1 Å². The fraction of sp³-hybridized carbons (Fsp3) is 0.417. The van der Waals surface area contributed by atoms with Crippen LogP contribution in [0.2, 0.25) is 0 Å². The maximum Gasteiger partial charge on any atom is 0.321 e. The van der Waals surface area contributed by atoms with Crippen LogP contribution in [0.4, 0.5) is 0 Å². The van der Waals surface area contributed by atoms with Gasteiger partial charge < -0.3 is 5.11 Å². The summed E-state index contributed by atoms with van der Waals surface area (Å²) in [4.78, 5) is 11.0. The second kappa shape index (κ2) is 5.49. The van der Waals surface area contributed by atoms with Crippen LogP contribution in [0.25, 0.3) is 0 Å². The minimum Gasteiger partial charge on any atom is -0.480 e. The van der Waals surface area contributed by atoms with Crippen LogP contribution in [0.5, 0.6) is 0 Å². The maximum absolute atomic E-state index is 12.1. The Morgan fingerprint density at radius 3 is 2.50 bits per heavy atom. The van der Waals surface area contributed by atoms with Crippen molar-refractivity contribution in [3.05, 3.63) is 29.3 Å². The van der Waals surface area contributed by atoms with Gasteiger partial charge in [-0.25, -0.2) is 8.42 Å². The Labute approximate surface area is 107 Å². The highest BCUT2D eigenvalue weighted by molar-refractivity contribution is 7.89. The van der Waals surface area contributed by atoms with Crippen molar-refractivity contribution >= 4 is 16.0 Å². The van der Waals surface area contributed by atoms with Gasteiger partial charge in [-0.05, 0) is 37.5 Å². The van der Waals surface area contributed by atoms with Crippen LogP contribution in [0.1, 0.15) is 24.5 Å². The molecule has 0 aliphatic rings. The van der Waals surface area contributed by atoms with E-state index in [2.05, 4.69) is 4.72 Å². The standard InChI is InChI=1S/C12H17NO4S/c1-4-10(12(14)15)13-18(16,17)11-7-8(2)5-6-9(11)3/h5-7,10,13H,4H2,1-3H3,(H,14,15)/t10-/m0/s1. The van der Waals surface area contributed by atoms with E-state index in [-0.39, 0.29) is 11.3 Å². The molecule has 0 aliphatic heterocycles. The molecule has 0 bridgehead atoms. The minimum absolute atomic E-state index is 0.127. The number of hydrogen-bond donors (Lipinski definition) is 2. The van der Waals surface area contributed by atoms with Gasteiger partial charge in [0.15, 0.2) is 0 Å². The summed E-state index contributed by atoms with van der Waals surface area (Å²) in [6.07, 6.45) is 0.194. The molecule has 0 unspecified atom stereocenters. The quantitative estimate of drug-likeness (QED) is 0.849. The summed E-state index contributed by atoms with van der Waals surface area (Å²) in [5, 5.41) is 8.88. The Morgan fingerprint density at radius 2 is 2.00 bits per heavy atom. The molecule has 0 amide bonds. The van der Waals surface area contributed by atoms with Crippen LogP contribution < -0.4 is 4.72 Å². The van der Waals surface area contributed by atoms with Crippen LogP contribution >= 0.6 is 0 Å². The lowest BCUT2D eigenvalue weighted by Crippen LogP contribution is -2.40. The molecule has 0 heterocycles. The first-order chi connectivity index (χ1) is 8.27. The van der Waals surface area contributed by atoms with E-state index in [1.54, 1.807) is 26.8 Å². The lowest BCUT2D eigenvalue weighted by atomic mass is 10.2. The number of carboxylic acids is 1. The molecule has 18 heavy (non-hydrogen) atoms. The van der Waals surface area contributed by atoms with Crippen molar-refractivity contribution < 1.29 is 18.3 Å². The molecule has 0 radical (unpaired) electrons. The Morgan fingerprint density at radius 1 is 1.39 bits per heavy atom. The Bertz CT molecular complexity index is 551. The SMILES string of the molecule is CC[C@H](NS(=O)(=O)c1cc(C)ccc1C)C(=O)O. The highest BCUT2D eigenvalue weighted by atomic mass is 32.2. The number of aliphatic carboxylic acids is 1. The molecule has 0 saturated heterocycles. The average molecular weight is 271 g/mol. The summed E-state index contributed by atoms with van der Waals surface area (Å²) < 4.78 is 26.4. The van der Waals surface area contributed by atoms with Gasteiger partial charge >= 0.3 is 5.97 Å². The third kappa shape index (κ3) is 3.30. The number of sulfonamides is 1. The van der Waals surface area contributed by atoms with E-state index in [1.807, 2.05) is 6.07 Å². The van der Waals surface area contributed by atoms with Crippen molar-refractivity contribution in [3.8, 4) is 0 Å². The number of nitrogens with one attached hydrogen (secondary N) is 1. The van der Waals surface area contributed by atoms with Crippen molar-refractivity contribution in [2.75, 3.05) is 0 Å². The Balaban J connectivity index is 3.14. The van der Waals surface area contributed by atoms with Crippen LogP contribution in [0, 0.1) is 13.8 Å². The number of rotatable bonds is 5. The molecule has 1 aromatic rings. The molecule has 2 N–H and O–H groups in total. The molecule has 5 nitrogen and oxygen atoms in total. The van der Waals surface area contributed by atoms with Crippen LogP contribution in [0.15, 0.2) is 23.1 Å². The molecule has 0 aromatic heterocycles. The van der Waals surface area contributed by atoms with Gasteiger partial charge in [0, 0.05) is 0 Å². The predicted molar refractivity (Wildman–Crippen MR) is 68.0 cm³/mol. The normalized spacial score (nSPS) is 13.3. The molecule has 1 atom stereocenters. The Kier molecular flexibility index (Phi) is 4.48. The van der Waals surface area contributed by atoms with Gasteiger partial charge in [0.2, 0.25) is 10.0 Å². The van der Waals surface area contributed by atoms with E-state index in [1.165, 1.54) is 6.07 Å². The molecule has 0 spiro atoms. The zero-order valence-corrected chi connectivity index (χ0v) is 11.4. The van der Waals surface area contributed by atoms with E-state index in [4.69, 9.17) is 5.11 Å². The molecule has 0 saturated carbocycles. The summed E-state index contributed by atoms with van der Waals surface area (Å²) in [6, 6.07) is 3.94. The molecule has 1 aromatic carbocycles. The molecular formula is C12H17NO4S. The second-order valence-electron chi connectivity index (χ2n) is 4.19. The fourth-order valence-electron chi connectivity index (χ4n) is 1.56. The van der Waals surface area contributed by atoms with Crippen LogP contribution in [-0.2, 0) is 14.8 Å². The third-order valence-corrected chi connectivity index (χ3v) is 4.25. The van der Waals surface area contributed by atoms with Crippen molar-refractivity contribution in [3.63, 3.8) is 0 Å². The smallest absolute Gasteiger partial charge is 0.321 e. The summed E-state index contributed by atoms with van der Waals surface area (Å²) in [5.41, 5.74) is 1.40. The summed E-state index contributed by atoms with van der Waals surface area (Å²) in [5.74, 6) is -1.17. The topological polar surface area (TPSA) is 83.5 Å². The molecule has 6 heteroatoms. The molecule has 100 valence electrons. The van der Waals surface area contributed by atoms with E-state index in [0.717, 1.165) is 5.56 Å². The predicted octanol–water partition coefficient (Wildman–Crippen LogP) is 1.44. The number of carboxylic acid groups (broad SMARTS) is 1. The molecule has 1 rings (SSSR count). The highest BCUT2D eigenvalue weighted by Gasteiger charge is 2.24. The number of benzene rings is 1. The summed E-state index contributed by atoms with van der Waals surface area (Å²) in [7, 11) is -3.80. The lowest BCUT2D eigenvalue weighted by Gasteiger charge is -2.14. The first kappa shape index (κ1) is 14.7. The summed E-state index contributed by atoms with van der Waals surface area (Å²) >= 11 is 0. The van der Waals surface area contributed by atoms with Gasteiger partial charge in [0.25, 0.3) is 0 Å². The highest BCUT2D eigenvalue weighted by Crippen LogP contribution is 2.17. The monoisotopic (exact) mass is 271 g/mol. The van der Waals surface area contributed by atoms with Crippen molar-refractivity contribution in [1.82, 2.24) is 4.72 Å². The minimum atomic E-state index is -3.80. The fourth-order valence-corrected chi connectivity index (χ4v) is 3.16. The van der Waals surface area contributed by atoms with Gasteiger partial charge in [-0.2, -0.15) is 4.72 Å². The van der Waals surface area contributed by atoms with Crippen molar-refractivity contribution in [1.29, 1.82) is 0 Å². The van der Waals surface area contributed by atoms with Crippen molar-refractivity contribution in [2.24, 2.45) is 0 Å². The number of hydrogen-bond acceptors (Lipinski definition) is 3. The zero-order valence-electron chi connectivity index (χ0n) is 10.6.